The Bertz CT molecular complexity index is 577. The highest BCUT2D eigenvalue weighted by Gasteiger charge is 2.33. The molecule has 1 aromatic carbocycles. The van der Waals surface area contributed by atoms with E-state index in [0.717, 1.165) is 17.6 Å². The van der Waals surface area contributed by atoms with Crippen LogP contribution < -0.4 is 0 Å². The lowest BCUT2D eigenvalue weighted by molar-refractivity contribution is 0.170. The van der Waals surface area contributed by atoms with E-state index in [1.807, 2.05) is 14.0 Å². The van der Waals surface area contributed by atoms with Gasteiger partial charge in [0.15, 0.2) is 0 Å². The van der Waals surface area contributed by atoms with Gasteiger partial charge < -0.3 is 4.90 Å². The van der Waals surface area contributed by atoms with Crippen molar-refractivity contribution in [2.45, 2.75) is 17.9 Å². The van der Waals surface area contributed by atoms with E-state index in [4.69, 9.17) is 0 Å². The number of hydrogen-bond acceptors (Lipinski definition) is 3. The molecular weight excluding hydrogens is 396 g/mol. The molecule has 1 atom stereocenters. The first-order valence-corrected chi connectivity index (χ1v) is 9.00. The summed E-state index contributed by atoms with van der Waals surface area (Å²) in [5.74, 6) is 0. The number of rotatable bonds is 2. The van der Waals surface area contributed by atoms with E-state index < -0.39 is 10.0 Å². The van der Waals surface area contributed by atoms with Crippen molar-refractivity contribution in [3.05, 3.63) is 27.1 Å². The van der Waals surface area contributed by atoms with Gasteiger partial charge in [0, 0.05) is 34.6 Å². The van der Waals surface area contributed by atoms with E-state index >= 15 is 0 Å². The molecule has 0 spiro atoms. The molecule has 0 saturated carbocycles. The van der Waals surface area contributed by atoms with Gasteiger partial charge in [0.25, 0.3) is 0 Å². The Hall–Kier alpha value is 0.0500. The second-order valence-electron chi connectivity index (χ2n) is 4.80. The third kappa shape index (κ3) is 3.21. The van der Waals surface area contributed by atoms with Crippen LogP contribution >= 0.6 is 31.9 Å². The SMILES string of the molecule is CC1CN(C)CCN1S(=O)(=O)c1ccc(Br)cc1Br. The average Bonchev–Trinajstić information content (AvgIpc) is 2.27. The highest BCUT2D eigenvalue weighted by Crippen LogP contribution is 2.29. The molecule has 4 nitrogen and oxygen atoms in total. The fourth-order valence-electron chi connectivity index (χ4n) is 2.29. The molecule has 0 N–H and O–H groups in total. The quantitative estimate of drug-likeness (QED) is 0.750. The Labute approximate surface area is 131 Å². The summed E-state index contributed by atoms with van der Waals surface area (Å²) in [5.41, 5.74) is 0. The van der Waals surface area contributed by atoms with E-state index in [2.05, 4.69) is 36.8 Å². The summed E-state index contributed by atoms with van der Waals surface area (Å²) in [7, 11) is -1.43. The van der Waals surface area contributed by atoms with Gasteiger partial charge in [-0.3, -0.25) is 0 Å². The van der Waals surface area contributed by atoms with Gasteiger partial charge >= 0.3 is 0 Å². The van der Waals surface area contributed by atoms with Crippen molar-refractivity contribution in [2.24, 2.45) is 0 Å². The molecule has 7 heteroatoms. The zero-order valence-corrected chi connectivity index (χ0v) is 14.8. The Morgan fingerprint density at radius 2 is 1.95 bits per heavy atom. The smallest absolute Gasteiger partial charge is 0.244 e. The van der Waals surface area contributed by atoms with Crippen LogP contribution in [0, 0.1) is 0 Å². The number of sulfonamides is 1. The Morgan fingerprint density at radius 3 is 2.53 bits per heavy atom. The molecule has 2 rings (SSSR count). The Kier molecular flexibility index (Phi) is 4.72. The van der Waals surface area contributed by atoms with Gasteiger partial charge in [-0.15, -0.1) is 0 Å². The van der Waals surface area contributed by atoms with Crippen LogP contribution in [-0.2, 0) is 10.0 Å². The molecular formula is C12H16Br2N2O2S. The minimum atomic E-state index is -3.44. The minimum Gasteiger partial charge on any atom is -0.303 e. The molecule has 0 amide bonds. The van der Waals surface area contributed by atoms with Crippen LogP contribution in [-0.4, -0.2) is 50.3 Å². The minimum absolute atomic E-state index is 0.0145. The third-order valence-electron chi connectivity index (χ3n) is 3.25. The lowest BCUT2D eigenvalue weighted by atomic mass is 10.2. The zero-order valence-electron chi connectivity index (χ0n) is 10.8. The van der Waals surface area contributed by atoms with E-state index in [1.54, 1.807) is 22.5 Å². The second-order valence-corrected chi connectivity index (χ2v) is 8.43. The maximum absolute atomic E-state index is 12.7. The summed E-state index contributed by atoms with van der Waals surface area (Å²) < 4.78 is 28.4. The normalized spacial score (nSPS) is 22.6. The van der Waals surface area contributed by atoms with Crippen LogP contribution in [0.5, 0.6) is 0 Å². The number of piperazine rings is 1. The highest BCUT2D eigenvalue weighted by molar-refractivity contribution is 9.11. The molecule has 0 aliphatic carbocycles. The van der Waals surface area contributed by atoms with Crippen LogP contribution in [0.25, 0.3) is 0 Å². The van der Waals surface area contributed by atoms with Crippen LogP contribution in [0.15, 0.2) is 32.0 Å². The molecule has 0 aromatic heterocycles. The second kappa shape index (κ2) is 5.81. The van der Waals surface area contributed by atoms with Crippen molar-refractivity contribution >= 4 is 41.9 Å². The van der Waals surface area contributed by atoms with Gasteiger partial charge in [0.2, 0.25) is 10.0 Å². The van der Waals surface area contributed by atoms with E-state index in [9.17, 15) is 8.42 Å². The summed E-state index contributed by atoms with van der Waals surface area (Å²) in [6.45, 7) is 3.99. The lowest BCUT2D eigenvalue weighted by Gasteiger charge is -2.37. The van der Waals surface area contributed by atoms with E-state index in [0.29, 0.717) is 15.9 Å². The van der Waals surface area contributed by atoms with Gasteiger partial charge in [0.1, 0.15) is 0 Å². The number of benzene rings is 1. The lowest BCUT2D eigenvalue weighted by Crippen LogP contribution is -2.52. The van der Waals surface area contributed by atoms with E-state index in [-0.39, 0.29) is 6.04 Å². The summed E-state index contributed by atoms with van der Waals surface area (Å²) in [4.78, 5) is 2.47. The molecule has 1 aliphatic rings. The molecule has 1 aliphatic heterocycles. The van der Waals surface area contributed by atoms with Crippen LogP contribution in [0.3, 0.4) is 0 Å². The van der Waals surface area contributed by atoms with Gasteiger partial charge in [-0.1, -0.05) is 15.9 Å². The first kappa shape index (κ1) is 15.4. The van der Waals surface area contributed by atoms with Crippen molar-refractivity contribution in [1.29, 1.82) is 0 Å². The summed E-state index contributed by atoms with van der Waals surface area (Å²) in [5, 5.41) is 0. The Morgan fingerprint density at radius 1 is 1.26 bits per heavy atom. The number of nitrogens with zero attached hydrogens (tertiary/aromatic N) is 2. The van der Waals surface area contributed by atoms with Gasteiger partial charge in [-0.25, -0.2) is 8.42 Å². The first-order chi connectivity index (χ1) is 8.82. The summed E-state index contributed by atoms with van der Waals surface area (Å²) in [6.07, 6.45) is 0. The highest BCUT2D eigenvalue weighted by atomic mass is 79.9. The number of likely N-dealkylation sites (N-methyl/N-ethyl adjacent to an activating group) is 1. The predicted octanol–water partition coefficient (Wildman–Crippen LogP) is 2.54. The van der Waals surface area contributed by atoms with E-state index in [1.165, 1.54) is 0 Å². The fourth-order valence-corrected chi connectivity index (χ4v) is 5.61. The van der Waals surface area contributed by atoms with Crippen molar-refractivity contribution < 1.29 is 8.42 Å². The third-order valence-corrected chi connectivity index (χ3v) is 6.73. The van der Waals surface area contributed by atoms with Crippen LogP contribution in [0.2, 0.25) is 0 Å². The summed E-state index contributed by atoms with van der Waals surface area (Å²) in [6, 6.07) is 5.12. The molecule has 1 heterocycles. The molecule has 1 unspecified atom stereocenters. The molecule has 19 heavy (non-hydrogen) atoms. The zero-order chi connectivity index (χ0) is 14.2. The van der Waals surface area contributed by atoms with Crippen LogP contribution in [0.4, 0.5) is 0 Å². The first-order valence-electron chi connectivity index (χ1n) is 5.98. The molecule has 1 saturated heterocycles. The maximum Gasteiger partial charge on any atom is 0.244 e. The molecule has 1 aromatic rings. The van der Waals surface area contributed by atoms with Crippen molar-refractivity contribution in [3.63, 3.8) is 0 Å². The average molecular weight is 412 g/mol. The summed E-state index contributed by atoms with van der Waals surface area (Å²) >= 11 is 6.67. The molecule has 1 fully saturated rings. The van der Waals surface area contributed by atoms with Crippen molar-refractivity contribution in [2.75, 3.05) is 26.7 Å². The van der Waals surface area contributed by atoms with Gasteiger partial charge in [-0.2, -0.15) is 4.31 Å². The fraction of sp³-hybridized carbons (Fsp3) is 0.500. The van der Waals surface area contributed by atoms with Crippen molar-refractivity contribution in [3.8, 4) is 0 Å². The molecule has 106 valence electrons. The molecule has 0 bridgehead atoms. The van der Waals surface area contributed by atoms with Gasteiger partial charge in [0.05, 0.1) is 4.90 Å². The largest absolute Gasteiger partial charge is 0.303 e. The standard InChI is InChI=1S/C12H16Br2N2O2S/c1-9-8-15(2)5-6-16(9)19(17,18)12-4-3-10(13)7-11(12)14/h3-4,7,9H,5-6,8H2,1-2H3. The van der Waals surface area contributed by atoms with Crippen molar-refractivity contribution in [1.82, 2.24) is 9.21 Å². The Balaban J connectivity index is 2.37. The monoisotopic (exact) mass is 410 g/mol. The molecule has 0 radical (unpaired) electrons. The number of hydrogen-bond donors (Lipinski definition) is 0. The van der Waals surface area contributed by atoms with Crippen LogP contribution in [0.1, 0.15) is 6.92 Å². The predicted molar refractivity (Wildman–Crippen MR) is 82.7 cm³/mol. The maximum atomic E-state index is 12.7. The van der Waals surface area contributed by atoms with Gasteiger partial charge in [-0.05, 0) is 48.1 Å². The number of halogens is 2. The topological polar surface area (TPSA) is 40.6 Å².